The van der Waals surface area contributed by atoms with Crippen LogP contribution in [-0.4, -0.2) is 38.3 Å². The van der Waals surface area contributed by atoms with Gasteiger partial charge in [0.05, 0.1) is 20.6 Å². The molecule has 0 spiro atoms. The van der Waals surface area contributed by atoms with Crippen LogP contribution in [0.5, 0.6) is 0 Å². The summed E-state index contributed by atoms with van der Waals surface area (Å²) in [5, 5.41) is 0. The van der Waals surface area contributed by atoms with Crippen LogP contribution in [0.25, 0.3) is 0 Å². The predicted molar refractivity (Wildman–Crippen MR) is 65.5 cm³/mol. The molecule has 2 N–H and O–H groups in total. The number of anilines is 1. The van der Waals surface area contributed by atoms with Crippen molar-refractivity contribution in [3.8, 4) is 0 Å². The molecule has 0 saturated carbocycles. The molecule has 0 aliphatic carbocycles. The van der Waals surface area contributed by atoms with E-state index in [0.29, 0.717) is 4.59 Å². The first-order chi connectivity index (χ1) is 7.03. The molecule has 0 radical (unpaired) electrons. The van der Waals surface area contributed by atoms with Crippen molar-refractivity contribution in [2.75, 3.05) is 38.6 Å². The molecule has 0 amide bonds. The molecule has 0 aliphatic heterocycles. The second-order valence-electron chi connectivity index (χ2n) is 4.42. The molecule has 1 aromatic carbocycles. The Balaban J connectivity index is 2.58. The molecule has 1 aromatic rings. The van der Waals surface area contributed by atoms with Gasteiger partial charge in [-0.2, -0.15) is 5.84 Å². The van der Waals surface area contributed by atoms with Crippen LogP contribution >= 0.6 is 0 Å². The number of hydrogen-bond acceptors (Lipinski definition) is 2. The fraction of sp³-hybridized carbons (Fsp3) is 0.500. The summed E-state index contributed by atoms with van der Waals surface area (Å²) in [6, 6.07) is 10.5. The van der Waals surface area contributed by atoms with Crippen LogP contribution < -0.4 is 10.7 Å². The quantitative estimate of drug-likeness (QED) is 0.451. The van der Waals surface area contributed by atoms with Crippen LogP contribution in [0.2, 0.25) is 0 Å². The van der Waals surface area contributed by atoms with Gasteiger partial charge in [0.15, 0.2) is 0 Å². The molecule has 3 heteroatoms. The van der Waals surface area contributed by atoms with E-state index in [1.807, 2.05) is 20.2 Å². The lowest BCUT2D eigenvalue weighted by Crippen LogP contribution is -2.51. The van der Waals surface area contributed by atoms with Gasteiger partial charge in [0.1, 0.15) is 6.54 Å². The number of nitrogens with zero attached hydrogens (tertiary/aromatic N) is 2. The molecule has 3 nitrogen and oxygen atoms in total. The maximum atomic E-state index is 5.93. The minimum Gasteiger partial charge on any atom is -0.366 e. The van der Waals surface area contributed by atoms with Gasteiger partial charge in [-0.25, -0.2) is 0 Å². The predicted octanol–water partition coefficient (Wildman–Crippen LogP) is 1.46. The molecule has 0 saturated heterocycles. The van der Waals surface area contributed by atoms with E-state index < -0.39 is 0 Å². The molecule has 15 heavy (non-hydrogen) atoms. The van der Waals surface area contributed by atoms with Gasteiger partial charge in [-0.05, 0) is 19.1 Å². The summed E-state index contributed by atoms with van der Waals surface area (Å²) >= 11 is 0. The van der Waals surface area contributed by atoms with Gasteiger partial charge in [0.2, 0.25) is 0 Å². The van der Waals surface area contributed by atoms with Crippen molar-refractivity contribution >= 4 is 5.69 Å². The lowest BCUT2D eigenvalue weighted by atomic mass is 10.3. The molecule has 0 heterocycles. The summed E-state index contributed by atoms with van der Waals surface area (Å²) in [7, 11) is 4.03. The zero-order valence-corrected chi connectivity index (χ0v) is 9.98. The van der Waals surface area contributed by atoms with E-state index in [0.717, 1.165) is 19.6 Å². The van der Waals surface area contributed by atoms with Gasteiger partial charge in [0.25, 0.3) is 0 Å². The van der Waals surface area contributed by atoms with E-state index >= 15 is 0 Å². The third-order valence-electron chi connectivity index (χ3n) is 2.45. The van der Waals surface area contributed by atoms with E-state index in [1.54, 1.807) is 0 Å². The first kappa shape index (κ1) is 12.0. The molecule has 0 unspecified atom stereocenters. The van der Waals surface area contributed by atoms with Gasteiger partial charge in [-0.3, -0.25) is 4.59 Å². The fourth-order valence-electron chi connectivity index (χ4n) is 1.49. The second-order valence-corrected chi connectivity index (χ2v) is 4.42. The van der Waals surface area contributed by atoms with Crippen molar-refractivity contribution in [1.82, 2.24) is 0 Å². The molecule has 0 fully saturated rings. The van der Waals surface area contributed by atoms with Crippen LogP contribution in [0.15, 0.2) is 30.3 Å². The summed E-state index contributed by atoms with van der Waals surface area (Å²) in [5.41, 5.74) is 1.27. The Morgan fingerprint density at radius 3 is 2.27 bits per heavy atom. The average molecular weight is 208 g/mol. The lowest BCUT2D eigenvalue weighted by molar-refractivity contribution is -0.900. The van der Waals surface area contributed by atoms with Crippen LogP contribution in [0.4, 0.5) is 5.69 Å². The topological polar surface area (TPSA) is 29.3 Å². The minimum atomic E-state index is 0.517. The van der Waals surface area contributed by atoms with Crippen molar-refractivity contribution in [2.45, 2.75) is 6.92 Å². The Hall–Kier alpha value is -1.06. The van der Waals surface area contributed by atoms with E-state index in [2.05, 4.69) is 36.1 Å². The smallest absolute Gasteiger partial charge is 0.113 e. The van der Waals surface area contributed by atoms with Crippen LogP contribution in [0, 0.1) is 0 Å². The highest BCUT2D eigenvalue weighted by Crippen LogP contribution is 2.12. The maximum absolute atomic E-state index is 5.93. The van der Waals surface area contributed by atoms with E-state index in [-0.39, 0.29) is 0 Å². The maximum Gasteiger partial charge on any atom is 0.113 e. The Labute approximate surface area is 92.7 Å². The zero-order chi connectivity index (χ0) is 11.3. The lowest BCUT2D eigenvalue weighted by Gasteiger charge is -2.28. The number of benzene rings is 1. The molecular formula is C12H22N3+. The number of likely N-dealkylation sites (N-methyl/N-ethyl adjacent to an activating group) is 2. The van der Waals surface area contributed by atoms with Crippen molar-refractivity contribution in [3.05, 3.63) is 30.3 Å². The first-order valence-electron chi connectivity index (χ1n) is 5.44. The number of rotatable bonds is 5. The zero-order valence-electron chi connectivity index (χ0n) is 9.98. The third-order valence-corrected chi connectivity index (χ3v) is 2.45. The van der Waals surface area contributed by atoms with Crippen LogP contribution in [0.3, 0.4) is 0 Å². The van der Waals surface area contributed by atoms with E-state index in [1.165, 1.54) is 5.69 Å². The summed E-state index contributed by atoms with van der Waals surface area (Å²) in [6.45, 7) is 5.13. The Morgan fingerprint density at radius 2 is 1.80 bits per heavy atom. The van der Waals surface area contributed by atoms with Gasteiger partial charge < -0.3 is 4.90 Å². The molecular weight excluding hydrogens is 186 g/mol. The molecule has 0 aliphatic rings. The van der Waals surface area contributed by atoms with E-state index in [4.69, 9.17) is 5.84 Å². The number of quaternary nitrogens is 1. The van der Waals surface area contributed by atoms with Crippen molar-refractivity contribution in [1.29, 1.82) is 0 Å². The fourth-order valence-corrected chi connectivity index (χ4v) is 1.49. The van der Waals surface area contributed by atoms with Crippen LogP contribution in [-0.2, 0) is 0 Å². The standard InChI is InChI=1S/C12H22N3/c1-4-14(10-11-15(2,3)13)12-8-6-5-7-9-12/h5-9H,4,10-11,13H2,1-3H3/q+1. The average Bonchev–Trinajstić information content (AvgIpc) is 2.19. The van der Waals surface area contributed by atoms with Gasteiger partial charge in [-0.15, -0.1) is 0 Å². The monoisotopic (exact) mass is 208 g/mol. The van der Waals surface area contributed by atoms with Crippen molar-refractivity contribution in [3.63, 3.8) is 0 Å². The van der Waals surface area contributed by atoms with Crippen LogP contribution in [0.1, 0.15) is 6.92 Å². The number of para-hydroxylation sites is 1. The Kier molecular flexibility index (Phi) is 4.12. The Bertz CT molecular complexity index is 277. The SMILES string of the molecule is CCN(CC[N+](C)(C)N)c1ccccc1. The number of hydrogen-bond donors (Lipinski definition) is 1. The van der Waals surface area contributed by atoms with Gasteiger partial charge in [-0.1, -0.05) is 18.2 Å². The second kappa shape index (κ2) is 5.14. The minimum absolute atomic E-state index is 0.517. The van der Waals surface area contributed by atoms with Crippen molar-refractivity contribution in [2.24, 2.45) is 5.84 Å². The van der Waals surface area contributed by atoms with Gasteiger partial charge >= 0.3 is 0 Å². The van der Waals surface area contributed by atoms with E-state index in [9.17, 15) is 0 Å². The van der Waals surface area contributed by atoms with Crippen molar-refractivity contribution < 1.29 is 4.59 Å². The molecule has 0 atom stereocenters. The molecule has 84 valence electrons. The normalized spacial score (nSPS) is 11.5. The summed E-state index contributed by atoms with van der Waals surface area (Å²) in [6.07, 6.45) is 0. The summed E-state index contributed by atoms with van der Waals surface area (Å²) < 4.78 is 0.517. The Morgan fingerprint density at radius 1 is 1.20 bits per heavy atom. The highest BCUT2D eigenvalue weighted by molar-refractivity contribution is 5.45. The largest absolute Gasteiger partial charge is 0.366 e. The molecule has 0 aromatic heterocycles. The summed E-state index contributed by atoms with van der Waals surface area (Å²) in [4.78, 5) is 2.34. The van der Waals surface area contributed by atoms with Gasteiger partial charge in [0, 0.05) is 12.2 Å². The first-order valence-corrected chi connectivity index (χ1v) is 5.44. The summed E-state index contributed by atoms with van der Waals surface area (Å²) in [5.74, 6) is 5.93. The number of nitrogens with two attached hydrogens (primary N) is 1. The highest BCUT2D eigenvalue weighted by Gasteiger charge is 2.11. The molecule has 0 bridgehead atoms. The highest BCUT2D eigenvalue weighted by atomic mass is 15.5. The third kappa shape index (κ3) is 4.32. The molecule has 1 rings (SSSR count).